The molecule has 0 radical (unpaired) electrons. The number of nitrogens with one attached hydrogen (secondary N) is 2. The standard InChI is InChI=1S/C34H39ClFN7OS2.C17H27N3O3.C5H5N/c1-41(13-14-42-15-17-43(18-16-42)33(44)25-10-6-3-7-11-25)31-22-28(24-8-4-2-5-9-24)38-23-30(31)39-29-21-27(36)32(20-26(29)35)46-40-34-37-12-19-45-34;1-19-11-13(10-14(19)21)16(23)20-8-6-17(7-9-20)4-2-12(3-5-17)15(18)22;1-2-4-6-5-3-1/h2,4-5,8-9,12,19-23,25,39H,3,6-7,10-11,13-18H2,1H3,(H,37,40);12-13H,2-11H2,1H3,(H2,18,22);1-5H. The average Bonchev–Trinajstić information content (AvgIpc) is 4.11. The number of pyridine rings is 2. The smallest absolute Gasteiger partial charge is 0.227 e. The zero-order valence-electron chi connectivity index (χ0n) is 43.2. The van der Waals surface area contributed by atoms with Gasteiger partial charge in [-0.2, -0.15) is 0 Å². The van der Waals surface area contributed by atoms with Crippen LogP contribution < -0.4 is 20.7 Å². The number of nitrogens with two attached hydrogens (primary N) is 1. The lowest BCUT2D eigenvalue weighted by Crippen LogP contribution is -2.51. The molecule has 3 aliphatic heterocycles. The molecule has 3 saturated heterocycles. The molecular weight excluding hydrogens is 1010 g/mol. The van der Waals surface area contributed by atoms with Gasteiger partial charge in [-0.15, -0.1) is 11.3 Å². The van der Waals surface area contributed by atoms with Gasteiger partial charge in [0.05, 0.1) is 44.8 Å². The van der Waals surface area contributed by atoms with Crippen LogP contribution in [0.1, 0.15) is 77.0 Å². The van der Waals surface area contributed by atoms with Gasteiger partial charge in [0.15, 0.2) is 5.13 Å². The van der Waals surface area contributed by atoms with E-state index < -0.39 is 5.82 Å². The zero-order chi connectivity index (χ0) is 52.7. The fourth-order valence-electron chi connectivity index (χ4n) is 10.9. The Balaban J connectivity index is 0.000000212. The summed E-state index contributed by atoms with van der Waals surface area (Å²) >= 11 is 9.24. The number of thiazole rings is 1. The molecule has 3 aromatic heterocycles. The van der Waals surface area contributed by atoms with Crippen LogP contribution in [0.2, 0.25) is 5.02 Å². The molecule has 1 atom stereocenters. The Bertz CT molecular complexity index is 2620. The van der Waals surface area contributed by atoms with Crippen molar-refractivity contribution in [1.29, 1.82) is 0 Å². The van der Waals surface area contributed by atoms with Gasteiger partial charge in [0.25, 0.3) is 0 Å². The summed E-state index contributed by atoms with van der Waals surface area (Å²) in [5.74, 6) is 0.112. The molecule has 5 aromatic rings. The van der Waals surface area contributed by atoms with Crippen molar-refractivity contribution in [2.45, 2.75) is 81.9 Å². The first-order valence-electron chi connectivity index (χ1n) is 26.4. The van der Waals surface area contributed by atoms with Crippen molar-refractivity contribution in [3.63, 3.8) is 0 Å². The van der Waals surface area contributed by atoms with Gasteiger partial charge < -0.3 is 35.4 Å². The Morgan fingerprint density at radius 1 is 0.827 bits per heavy atom. The summed E-state index contributed by atoms with van der Waals surface area (Å²) in [6, 6.07) is 20.9. The summed E-state index contributed by atoms with van der Waals surface area (Å²) in [6.07, 6.45) is 18.9. The van der Waals surface area contributed by atoms with E-state index in [0.717, 1.165) is 138 Å². The van der Waals surface area contributed by atoms with Crippen LogP contribution in [0.15, 0.2) is 102 Å². The highest BCUT2D eigenvalue weighted by Crippen LogP contribution is 2.46. The van der Waals surface area contributed by atoms with Crippen molar-refractivity contribution in [3.8, 4) is 11.3 Å². The Kier molecular flexibility index (Phi) is 19.8. The van der Waals surface area contributed by atoms with E-state index in [9.17, 15) is 19.2 Å². The average molecular weight is 1080 g/mol. The van der Waals surface area contributed by atoms with Crippen LogP contribution in [0.4, 0.5) is 26.6 Å². The van der Waals surface area contributed by atoms with Gasteiger partial charge in [-0.25, -0.2) is 9.37 Å². The lowest BCUT2D eigenvalue weighted by Gasteiger charge is -2.46. The number of amides is 4. The Morgan fingerprint density at radius 3 is 2.12 bits per heavy atom. The Morgan fingerprint density at radius 2 is 1.51 bits per heavy atom. The quantitative estimate of drug-likeness (QED) is 0.0955. The van der Waals surface area contributed by atoms with E-state index in [2.05, 4.69) is 47.8 Å². The molecule has 10 rings (SSSR count). The molecule has 0 bridgehead atoms. The molecule has 4 amide bonds. The maximum absolute atomic E-state index is 15.2. The van der Waals surface area contributed by atoms with Gasteiger partial charge in [0.2, 0.25) is 23.6 Å². The highest BCUT2D eigenvalue weighted by atomic mass is 35.5. The summed E-state index contributed by atoms with van der Waals surface area (Å²) in [7, 11) is 3.82. The first-order valence-corrected chi connectivity index (χ1v) is 28.5. The van der Waals surface area contributed by atoms with Crippen LogP contribution in [0.3, 0.4) is 0 Å². The number of benzene rings is 2. The maximum atomic E-state index is 15.2. The molecule has 4 N–H and O–H groups in total. The highest BCUT2D eigenvalue weighted by molar-refractivity contribution is 8.00. The second-order valence-electron chi connectivity index (χ2n) is 20.5. The molecule has 75 heavy (non-hydrogen) atoms. The molecule has 1 unspecified atom stereocenters. The van der Waals surface area contributed by atoms with Gasteiger partial charge in [-0.05, 0) is 93.0 Å². The van der Waals surface area contributed by atoms with Gasteiger partial charge >= 0.3 is 0 Å². The number of hydrogen-bond donors (Lipinski definition) is 3. The van der Waals surface area contributed by atoms with Crippen LogP contribution in [-0.4, -0.2) is 131 Å². The normalized spacial score (nSPS) is 19.1. The van der Waals surface area contributed by atoms with Gasteiger partial charge in [-0.3, -0.25) is 34.0 Å². The van der Waals surface area contributed by atoms with E-state index in [4.69, 9.17) is 22.3 Å². The number of carbonyl (C=O) groups is 4. The lowest BCUT2D eigenvalue weighted by atomic mass is 9.65. The Hall–Kier alpha value is -5.82. The van der Waals surface area contributed by atoms with Crippen molar-refractivity contribution in [1.82, 2.24) is 34.6 Å². The van der Waals surface area contributed by atoms with Crippen LogP contribution >= 0.6 is 34.9 Å². The van der Waals surface area contributed by atoms with Crippen molar-refractivity contribution in [2.75, 3.05) is 87.9 Å². The summed E-state index contributed by atoms with van der Waals surface area (Å²) in [5.41, 5.74) is 9.69. The number of piperazine rings is 1. The molecule has 1 spiro atoms. The predicted molar refractivity (Wildman–Crippen MR) is 298 cm³/mol. The van der Waals surface area contributed by atoms with Crippen LogP contribution in [-0.2, 0) is 19.2 Å². The second-order valence-corrected chi connectivity index (χ2v) is 22.7. The summed E-state index contributed by atoms with van der Waals surface area (Å²) in [6.45, 7) is 7.08. The number of aromatic nitrogens is 3. The number of nitrogens with zero attached hydrogens (tertiary/aromatic N) is 8. The van der Waals surface area contributed by atoms with E-state index in [1.54, 1.807) is 42.8 Å². The third-order valence-corrected chi connectivity index (χ3v) is 17.5. The van der Waals surface area contributed by atoms with E-state index in [1.165, 1.54) is 36.7 Å². The number of anilines is 4. The zero-order valence-corrected chi connectivity index (χ0v) is 45.6. The molecule has 2 saturated carbocycles. The molecule has 6 heterocycles. The minimum Gasteiger partial charge on any atom is -0.372 e. The first-order chi connectivity index (χ1) is 36.3. The minimum atomic E-state index is -0.397. The van der Waals surface area contributed by atoms with Crippen LogP contribution in [0, 0.1) is 29.0 Å². The third-order valence-electron chi connectivity index (χ3n) is 15.6. The fraction of sp³-hybridized carbons (Fsp3) is 0.482. The van der Waals surface area contributed by atoms with Crippen molar-refractivity contribution >= 4 is 80.7 Å². The number of hydrogen-bond acceptors (Lipinski definition) is 13. The highest BCUT2D eigenvalue weighted by Gasteiger charge is 2.42. The number of rotatable bonds is 13. The number of likely N-dealkylation sites (N-methyl/N-ethyl adjacent to an activating group) is 1. The van der Waals surface area contributed by atoms with Crippen LogP contribution in [0.25, 0.3) is 11.3 Å². The number of piperidine rings is 1. The monoisotopic (exact) mass is 1080 g/mol. The number of halogens is 2. The minimum absolute atomic E-state index is 0.0420. The van der Waals surface area contributed by atoms with Gasteiger partial charge in [0.1, 0.15) is 5.82 Å². The number of carbonyl (C=O) groups excluding carboxylic acids is 4. The second kappa shape index (κ2) is 26.8. The van der Waals surface area contributed by atoms with Gasteiger partial charge in [-0.1, -0.05) is 67.3 Å². The maximum Gasteiger partial charge on any atom is 0.227 e. The lowest BCUT2D eigenvalue weighted by molar-refractivity contribution is -0.139. The van der Waals surface area contributed by atoms with Gasteiger partial charge in [0, 0.05) is 127 Å². The summed E-state index contributed by atoms with van der Waals surface area (Å²) in [4.78, 5) is 71.9. The predicted octanol–water partition coefficient (Wildman–Crippen LogP) is 9.85. The van der Waals surface area contributed by atoms with E-state index in [-0.39, 0.29) is 35.5 Å². The SMILES string of the molecule is CN(CCN1CCN(C(=O)C2CCCCC2)CC1)c1cc(-c2ccccc2)ncc1Nc1cc(F)c(SNc2nccs2)cc1Cl.CN1CC(C(=O)N2CCC3(CCC(C(N)=O)CC3)CC2)CC1=O.c1ccncc1. The third kappa shape index (κ3) is 15.2. The molecule has 5 aliphatic rings. The van der Waals surface area contributed by atoms with Crippen molar-refractivity contribution in [2.24, 2.45) is 28.9 Å². The molecule has 5 fully saturated rings. The topological polar surface area (TPSA) is 173 Å². The van der Waals surface area contributed by atoms with E-state index in [0.29, 0.717) is 45.0 Å². The van der Waals surface area contributed by atoms with Crippen molar-refractivity contribution < 1.29 is 23.6 Å². The number of primary amides is 1. The molecule has 400 valence electrons. The van der Waals surface area contributed by atoms with Crippen molar-refractivity contribution in [3.05, 3.63) is 108 Å². The fourth-order valence-corrected chi connectivity index (χ4v) is 12.4. The van der Waals surface area contributed by atoms with E-state index >= 15 is 4.39 Å². The van der Waals surface area contributed by atoms with E-state index in [1.807, 2.05) is 58.8 Å². The largest absolute Gasteiger partial charge is 0.372 e. The Labute approximate surface area is 454 Å². The molecule has 15 nitrogen and oxygen atoms in total. The summed E-state index contributed by atoms with van der Waals surface area (Å²) in [5, 5.41) is 6.29. The summed E-state index contributed by atoms with van der Waals surface area (Å²) < 4.78 is 18.2. The molecular formula is C56H71ClFN11O4S2. The number of likely N-dealkylation sites (tertiary alicyclic amines) is 2. The molecule has 2 aliphatic carbocycles. The first kappa shape index (κ1) is 55.4. The molecule has 2 aromatic carbocycles. The molecule has 19 heteroatoms. The van der Waals surface area contributed by atoms with Crippen LogP contribution in [0.5, 0.6) is 0 Å².